The van der Waals surface area contributed by atoms with Gasteiger partial charge in [0, 0.05) is 10.7 Å². The number of hydrogen-bond donors (Lipinski definition) is 0. The van der Waals surface area contributed by atoms with Crippen LogP contribution in [0, 0.1) is 11.7 Å². The lowest BCUT2D eigenvalue weighted by molar-refractivity contribution is -0.147. The van der Waals surface area contributed by atoms with E-state index in [0.29, 0.717) is 16.8 Å². The average Bonchev–Trinajstić information content (AvgIpc) is 3.15. The number of aromatic nitrogens is 1. The van der Waals surface area contributed by atoms with E-state index in [1.165, 1.54) is 6.20 Å². The Balaban J connectivity index is 2.36. The van der Waals surface area contributed by atoms with Gasteiger partial charge in [-0.2, -0.15) is 0 Å². The summed E-state index contributed by atoms with van der Waals surface area (Å²) in [5, 5.41) is 0. The third-order valence-corrected chi connectivity index (χ3v) is 3.55. The van der Waals surface area contributed by atoms with Crippen LogP contribution < -0.4 is 5.56 Å². The molecule has 0 bridgehead atoms. The molecular weight excluding hydrogens is 317 g/mol. The largest absolute Gasteiger partial charge is 0.464 e. The van der Waals surface area contributed by atoms with Crippen molar-refractivity contribution >= 4 is 21.9 Å². The standard InChI is InChI=1S/C13H15BrFNO3/c1-2-19-13(18)11(5-8-3-4-8)16-7-9(14)6-10(15)12(16)17/h6-8,11H,2-5H2,1H3. The van der Waals surface area contributed by atoms with Gasteiger partial charge in [-0.3, -0.25) is 9.36 Å². The van der Waals surface area contributed by atoms with Gasteiger partial charge in [0.05, 0.1) is 6.61 Å². The van der Waals surface area contributed by atoms with Crippen LogP contribution in [0.2, 0.25) is 0 Å². The molecule has 0 aromatic carbocycles. The number of pyridine rings is 1. The van der Waals surface area contributed by atoms with Crippen LogP contribution in [-0.4, -0.2) is 17.1 Å². The summed E-state index contributed by atoms with van der Waals surface area (Å²) in [5.74, 6) is -0.934. The van der Waals surface area contributed by atoms with Crippen molar-refractivity contribution in [2.75, 3.05) is 6.61 Å². The lowest BCUT2D eigenvalue weighted by Crippen LogP contribution is -2.32. The topological polar surface area (TPSA) is 48.3 Å². The Morgan fingerprint density at radius 1 is 1.63 bits per heavy atom. The molecule has 0 aliphatic heterocycles. The summed E-state index contributed by atoms with van der Waals surface area (Å²) in [5.41, 5.74) is -0.790. The Bertz CT molecular complexity index is 539. The molecule has 1 aromatic heterocycles. The summed E-state index contributed by atoms with van der Waals surface area (Å²) in [7, 11) is 0. The van der Waals surface area contributed by atoms with Crippen molar-refractivity contribution in [2.45, 2.75) is 32.2 Å². The van der Waals surface area contributed by atoms with Gasteiger partial charge in [0.15, 0.2) is 5.82 Å². The highest BCUT2D eigenvalue weighted by molar-refractivity contribution is 9.10. The molecule has 1 aliphatic carbocycles. The lowest BCUT2D eigenvalue weighted by Gasteiger charge is -2.18. The van der Waals surface area contributed by atoms with E-state index in [-0.39, 0.29) is 6.61 Å². The van der Waals surface area contributed by atoms with Crippen LogP contribution in [0.25, 0.3) is 0 Å². The number of nitrogens with zero attached hydrogens (tertiary/aromatic N) is 1. The molecule has 1 heterocycles. The van der Waals surface area contributed by atoms with Gasteiger partial charge in [-0.15, -0.1) is 0 Å². The number of rotatable bonds is 5. The maximum atomic E-state index is 13.5. The summed E-state index contributed by atoms with van der Waals surface area (Å²) in [6.07, 6.45) is 4.05. The van der Waals surface area contributed by atoms with Crippen molar-refractivity contribution in [3.8, 4) is 0 Å². The van der Waals surface area contributed by atoms with Gasteiger partial charge in [-0.1, -0.05) is 12.8 Å². The predicted octanol–water partition coefficient (Wildman–Crippen LogP) is 2.65. The van der Waals surface area contributed by atoms with Crippen LogP contribution in [0.4, 0.5) is 4.39 Å². The second-order valence-corrected chi connectivity index (χ2v) is 5.58. The SMILES string of the molecule is CCOC(=O)C(CC1CC1)n1cc(Br)cc(F)c1=O. The Morgan fingerprint density at radius 3 is 2.89 bits per heavy atom. The van der Waals surface area contributed by atoms with Crippen molar-refractivity contribution in [3.05, 3.63) is 32.9 Å². The van der Waals surface area contributed by atoms with E-state index >= 15 is 0 Å². The molecule has 1 aliphatic rings. The molecular formula is C13H15BrFNO3. The van der Waals surface area contributed by atoms with E-state index in [2.05, 4.69) is 15.9 Å². The second-order valence-electron chi connectivity index (χ2n) is 4.67. The molecule has 19 heavy (non-hydrogen) atoms. The zero-order chi connectivity index (χ0) is 14.0. The van der Waals surface area contributed by atoms with Crippen molar-refractivity contribution in [1.82, 2.24) is 4.57 Å². The zero-order valence-corrected chi connectivity index (χ0v) is 12.2. The van der Waals surface area contributed by atoms with E-state index in [9.17, 15) is 14.0 Å². The number of esters is 1. The Labute approximate surface area is 118 Å². The van der Waals surface area contributed by atoms with Crippen LogP contribution >= 0.6 is 15.9 Å². The first-order valence-electron chi connectivity index (χ1n) is 6.26. The minimum atomic E-state index is -0.875. The second kappa shape index (κ2) is 5.86. The molecule has 0 radical (unpaired) electrons. The zero-order valence-electron chi connectivity index (χ0n) is 10.6. The minimum absolute atomic E-state index is 0.241. The van der Waals surface area contributed by atoms with Crippen molar-refractivity contribution < 1.29 is 13.9 Å². The molecule has 6 heteroatoms. The first-order valence-corrected chi connectivity index (χ1v) is 7.06. The molecule has 104 valence electrons. The maximum Gasteiger partial charge on any atom is 0.329 e. The average molecular weight is 332 g/mol. The fourth-order valence-corrected chi connectivity index (χ4v) is 2.42. The van der Waals surface area contributed by atoms with Gasteiger partial charge in [0.25, 0.3) is 5.56 Å². The summed E-state index contributed by atoms with van der Waals surface area (Å²) in [4.78, 5) is 23.8. The van der Waals surface area contributed by atoms with Gasteiger partial charge < -0.3 is 4.74 Å². The Morgan fingerprint density at radius 2 is 2.32 bits per heavy atom. The first-order chi connectivity index (χ1) is 9.02. The minimum Gasteiger partial charge on any atom is -0.464 e. The van der Waals surface area contributed by atoms with E-state index in [1.807, 2.05) is 0 Å². The number of carbonyl (C=O) groups is 1. The predicted molar refractivity (Wildman–Crippen MR) is 71.4 cm³/mol. The molecule has 1 fully saturated rings. The Hall–Kier alpha value is -1.17. The smallest absolute Gasteiger partial charge is 0.329 e. The third kappa shape index (κ3) is 3.43. The molecule has 4 nitrogen and oxygen atoms in total. The summed E-state index contributed by atoms with van der Waals surface area (Å²) < 4.78 is 20.0. The normalized spacial score (nSPS) is 16.2. The quantitative estimate of drug-likeness (QED) is 0.779. The third-order valence-electron chi connectivity index (χ3n) is 3.11. The fourth-order valence-electron chi connectivity index (χ4n) is 2.00. The van der Waals surface area contributed by atoms with Crippen molar-refractivity contribution in [2.24, 2.45) is 5.92 Å². The molecule has 2 rings (SSSR count). The fraction of sp³-hybridized carbons (Fsp3) is 0.538. The highest BCUT2D eigenvalue weighted by Crippen LogP contribution is 2.37. The molecule has 0 spiro atoms. The lowest BCUT2D eigenvalue weighted by atomic mass is 10.1. The molecule has 0 amide bonds. The van der Waals surface area contributed by atoms with Crippen LogP contribution in [0.5, 0.6) is 0 Å². The maximum absolute atomic E-state index is 13.5. The van der Waals surface area contributed by atoms with Gasteiger partial charge in [0.1, 0.15) is 6.04 Å². The molecule has 1 saturated carbocycles. The highest BCUT2D eigenvalue weighted by atomic mass is 79.9. The monoisotopic (exact) mass is 331 g/mol. The van der Waals surface area contributed by atoms with Crippen LogP contribution in [-0.2, 0) is 9.53 Å². The van der Waals surface area contributed by atoms with E-state index in [1.54, 1.807) is 6.92 Å². The highest BCUT2D eigenvalue weighted by Gasteiger charge is 2.32. The summed E-state index contributed by atoms with van der Waals surface area (Å²) in [6, 6.07) is 0.352. The molecule has 1 aromatic rings. The van der Waals surface area contributed by atoms with Crippen LogP contribution in [0.15, 0.2) is 21.5 Å². The number of hydrogen-bond acceptors (Lipinski definition) is 3. The van der Waals surface area contributed by atoms with Crippen LogP contribution in [0.1, 0.15) is 32.2 Å². The van der Waals surface area contributed by atoms with Crippen molar-refractivity contribution in [3.63, 3.8) is 0 Å². The molecule has 0 saturated heterocycles. The number of carbonyl (C=O) groups excluding carboxylic acids is 1. The van der Waals surface area contributed by atoms with E-state index < -0.39 is 23.4 Å². The van der Waals surface area contributed by atoms with E-state index in [4.69, 9.17) is 4.74 Å². The Kier molecular flexibility index (Phi) is 4.39. The van der Waals surface area contributed by atoms with E-state index in [0.717, 1.165) is 23.5 Å². The van der Waals surface area contributed by atoms with Gasteiger partial charge >= 0.3 is 5.97 Å². The first kappa shape index (κ1) is 14.2. The van der Waals surface area contributed by atoms with Crippen molar-refractivity contribution in [1.29, 1.82) is 0 Å². The number of halogens is 2. The van der Waals surface area contributed by atoms with Gasteiger partial charge in [-0.05, 0) is 41.3 Å². The molecule has 1 atom stereocenters. The van der Waals surface area contributed by atoms with Gasteiger partial charge in [-0.25, -0.2) is 9.18 Å². The summed E-state index contributed by atoms with van der Waals surface area (Å²) >= 11 is 3.13. The summed E-state index contributed by atoms with van der Waals surface area (Å²) in [6.45, 7) is 1.95. The van der Waals surface area contributed by atoms with Gasteiger partial charge in [0.2, 0.25) is 0 Å². The molecule has 1 unspecified atom stereocenters. The number of ether oxygens (including phenoxy) is 1. The van der Waals surface area contributed by atoms with Crippen LogP contribution in [0.3, 0.4) is 0 Å². The molecule has 0 N–H and O–H groups in total.